The average Bonchev–Trinajstić information content (AvgIpc) is 2.77. The zero-order valence-electron chi connectivity index (χ0n) is 11.5. The summed E-state index contributed by atoms with van der Waals surface area (Å²) in [4.78, 5) is 0. The second kappa shape index (κ2) is 6.22. The Bertz CT molecular complexity index is 780. The van der Waals surface area contributed by atoms with Crippen molar-refractivity contribution in [2.24, 2.45) is 5.73 Å². The Morgan fingerprint density at radius 1 is 1.14 bits per heavy atom. The van der Waals surface area contributed by atoms with Gasteiger partial charge in [0.15, 0.2) is 0 Å². The Hall–Kier alpha value is -1.29. The molecule has 0 saturated heterocycles. The molecule has 0 unspecified atom stereocenters. The molecule has 3 rings (SSSR count). The molecule has 0 radical (unpaired) electrons. The lowest BCUT2D eigenvalue weighted by molar-refractivity contribution is 0.827. The fraction of sp³-hybridized carbons (Fsp3) is 0.176. The van der Waals surface area contributed by atoms with Gasteiger partial charge >= 0.3 is 0 Å². The van der Waals surface area contributed by atoms with Crippen LogP contribution in [-0.2, 0) is 13.0 Å². The van der Waals surface area contributed by atoms with Crippen molar-refractivity contribution in [1.29, 1.82) is 0 Å². The van der Waals surface area contributed by atoms with E-state index in [2.05, 4.69) is 51.0 Å². The predicted molar refractivity (Wildman–Crippen MR) is 93.0 cm³/mol. The van der Waals surface area contributed by atoms with Crippen molar-refractivity contribution in [2.45, 2.75) is 13.0 Å². The second-order valence-corrected chi connectivity index (χ2v) is 6.46. The van der Waals surface area contributed by atoms with Gasteiger partial charge in [-0.1, -0.05) is 45.7 Å². The molecule has 21 heavy (non-hydrogen) atoms. The fourth-order valence-electron chi connectivity index (χ4n) is 2.66. The van der Waals surface area contributed by atoms with Crippen LogP contribution in [0.3, 0.4) is 0 Å². The van der Waals surface area contributed by atoms with Gasteiger partial charge in [0.1, 0.15) is 0 Å². The zero-order valence-corrected chi connectivity index (χ0v) is 13.9. The van der Waals surface area contributed by atoms with Crippen LogP contribution in [0, 0.1) is 0 Å². The molecule has 0 spiro atoms. The topological polar surface area (TPSA) is 30.9 Å². The van der Waals surface area contributed by atoms with Crippen molar-refractivity contribution in [3.8, 4) is 0 Å². The van der Waals surface area contributed by atoms with Gasteiger partial charge < -0.3 is 10.3 Å². The molecular formula is C17H16BrClN2. The summed E-state index contributed by atoms with van der Waals surface area (Å²) in [7, 11) is 0. The molecule has 0 atom stereocenters. The van der Waals surface area contributed by atoms with E-state index in [9.17, 15) is 0 Å². The summed E-state index contributed by atoms with van der Waals surface area (Å²) in [6.07, 6.45) is 3.07. The molecule has 0 amide bonds. The summed E-state index contributed by atoms with van der Waals surface area (Å²) in [5, 5.41) is 2.00. The minimum absolute atomic E-state index is 0.651. The summed E-state index contributed by atoms with van der Waals surface area (Å²) in [5.41, 5.74) is 9.41. The predicted octanol–water partition coefficient (Wildman–Crippen LogP) is 4.61. The van der Waals surface area contributed by atoms with Gasteiger partial charge in [-0.25, -0.2) is 0 Å². The van der Waals surface area contributed by atoms with Crippen LogP contribution in [-0.4, -0.2) is 11.1 Å². The number of benzene rings is 2. The highest BCUT2D eigenvalue weighted by Crippen LogP contribution is 2.26. The van der Waals surface area contributed by atoms with E-state index in [0.717, 1.165) is 28.0 Å². The Morgan fingerprint density at radius 2 is 2.00 bits per heavy atom. The van der Waals surface area contributed by atoms with E-state index in [4.69, 9.17) is 17.3 Å². The van der Waals surface area contributed by atoms with Gasteiger partial charge in [-0.15, -0.1) is 0 Å². The summed E-state index contributed by atoms with van der Waals surface area (Å²) in [5.74, 6) is 0. The highest BCUT2D eigenvalue weighted by atomic mass is 79.9. The number of hydrogen-bond donors (Lipinski definition) is 1. The standard InChI is InChI=1S/C17H16BrClN2/c18-14-3-1-2-12(8-14)10-21-11-13(6-7-20)16-5-4-15(19)9-17(16)21/h1-5,8-9,11H,6-7,10,20H2. The van der Waals surface area contributed by atoms with Crippen molar-refractivity contribution in [3.63, 3.8) is 0 Å². The molecular weight excluding hydrogens is 348 g/mol. The highest BCUT2D eigenvalue weighted by Gasteiger charge is 2.09. The molecule has 0 bridgehead atoms. The molecule has 1 heterocycles. The normalized spacial score (nSPS) is 11.2. The first kappa shape index (κ1) is 14.6. The second-order valence-electron chi connectivity index (χ2n) is 5.11. The number of halogens is 2. The molecule has 2 N–H and O–H groups in total. The van der Waals surface area contributed by atoms with Crippen LogP contribution in [0.2, 0.25) is 5.02 Å². The quantitative estimate of drug-likeness (QED) is 0.721. The number of nitrogens with two attached hydrogens (primary N) is 1. The average molecular weight is 364 g/mol. The Balaban J connectivity index is 2.06. The molecule has 2 nitrogen and oxygen atoms in total. The fourth-order valence-corrected chi connectivity index (χ4v) is 3.27. The summed E-state index contributed by atoms with van der Waals surface area (Å²) in [6.45, 7) is 1.47. The molecule has 108 valence electrons. The van der Waals surface area contributed by atoms with Crippen LogP contribution >= 0.6 is 27.5 Å². The lowest BCUT2D eigenvalue weighted by Crippen LogP contribution is -2.02. The van der Waals surface area contributed by atoms with Crippen LogP contribution in [0.4, 0.5) is 0 Å². The van der Waals surface area contributed by atoms with Crippen molar-refractivity contribution in [3.05, 3.63) is 69.3 Å². The Labute approximate surface area is 137 Å². The number of hydrogen-bond acceptors (Lipinski definition) is 1. The SMILES string of the molecule is NCCc1cn(Cc2cccc(Br)c2)c2cc(Cl)ccc12. The third-order valence-electron chi connectivity index (χ3n) is 3.58. The van der Waals surface area contributed by atoms with Gasteiger partial charge in [0, 0.05) is 27.6 Å². The van der Waals surface area contributed by atoms with Crippen LogP contribution in [0.15, 0.2) is 53.1 Å². The molecule has 0 aliphatic heterocycles. The minimum atomic E-state index is 0.651. The number of fused-ring (bicyclic) bond motifs is 1. The number of rotatable bonds is 4. The van der Waals surface area contributed by atoms with E-state index in [1.165, 1.54) is 16.5 Å². The van der Waals surface area contributed by atoms with Gasteiger partial charge in [-0.05, 0) is 48.4 Å². The summed E-state index contributed by atoms with van der Waals surface area (Å²) >= 11 is 9.68. The molecule has 0 aliphatic rings. The smallest absolute Gasteiger partial charge is 0.0501 e. The first-order chi connectivity index (χ1) is 10.2. The Morgan fingerprint density at radius 3 is 2.76 bits per heavy atom. The van der Waals surface area contributed by atoms with Crippen molar-refractivity contribution >= 4 is 38.4 Å². The van der Waals surface area contributed by atoms with Crippen LogP contribution < -0.4 is 5.73 Å². The first-order valence-corrected chi connectivity index (χ1v) is 8.06. The molecule has 0 saturated carbocycles. The van der Waals surface area contributed by atoms with Crippen LogP contribution in [0.5, 0.6) is 0 Å². The van der Waals surface area contributed by atoms with E-state index >= 15 is 0 Å². The van der Waals surface area contributed by atoms with Gasteiger partial charge in [-0.2, -0.15) is 0 Å². The minimum Gasteiger partial charge on any atom is -0.343 e. The third-order valence-corrected chi connectivity index (χ3v) is 4.31. The lowest BCUT2D eigenvalue weighted by atomic mass is 10.1. The van der Waals surface area contributed by atoms with Gasteiger partial charge in [-0.3, -0.25) is 0 Å². The molecule has 0 fully saturated rings. The van der Waals surface area contributed by atoms with Crippen molar-refractivity contribution < 1.29 is 0 Å². The van der Waals surface area contributed by atoms with Crippen LogP contribution in [0.25, 0.3) is 10.9 Å². The van der Waals surface area contributed by atoms with E-state index in [1.54, 1.807) is 0 Å². The van der Waals surface area contributed by atoms with E-state index in [-0.39, 0.29) is 0 Å². The Kier molecular flexibility index (Phi) is 4.34. The molecule has 2 aromatic carbocycles. The summed E-state index contributed by atoms with van der Waals surface area (Å²) in [6, 6.07) is 14.4. The van der Waals surface area contributed by atoms with E-state index in [1.807, 2.05) is 18.2 Å². The van der Waals surface area contributed by atoms with Crippen molar-refractivity contribution in [1.82, 2.24) is 4.57 Å². The van der Waals surface area contributed by atoms with E-state index in [0.29, 0.717) is 6.54 Å². The summed E-state index contributed by atoms with van der Waals surface area (Å²) < 4.78 is 3.34. The lowest BCUT2D eigenvalue weighted by Gasteiger charge is -2.06. The highest BCUT2D eigenvalue weighted by molar-refractivity contribution is 9.10. The molecule has 0 aliphatic carbocycles. The first-order valence-electron chi connectivity index (χ1n) is 6.89. The van der Waals surface area contributed by atoms with Gasteiger partial charge in [0.25, 0.3) is 0 Å². The maximum atomic E-state index is 6.16. The number of nitrogens with zero attached hydrogens (tertiary/aromatic N) is 1. The molecule has 3 aromatic rings. The maximum absolute atomic E-state index is 6.16. The van der Waals surface area contributed by atoms with E-state index < -0.39 is 0 Å². The number of aromatic nitrogens is 1. The largest absolute Gasteiger partial charge is 0.343 e. The molecule has 1 aromatic heterocycles. The van der Waals surface area contributed by atoms with Crippen LogP contribution in [0.1, 0.15) is 11.1 Å². The maximum Gasteiger partial charge on any atom is 0.0501 e. The van der Waals surface area contributed by atoms with Gasteiger partial charge in [0.05, 0.1) is 5.52 Å². The zero-order chi connectivity index (χ0) is 14.8. The monoisotopic (exact) mass is 362 g/mol. The van der Waals surface area contributed by atoms with Crippen molar-refractivity contribution in [2.75, 3.05) is 6.54 Å². The molecule has 4 heteroatoms. The van der Waals surface area contributed by atoms with Gasteiger partial charge in [0.2, 0.25) is 0 Å². The third kappa shape index (κ3) is 3.15.